The Morgan fingerprint density at radius 3 is 2.79 bits per heavy atom. The van der Waals surface area contributed by atoms with Gasteiger partial charge in [-0.15, -0.1) is 0 Å². The molecule has 3 nitrogen and oxygen atoms in total. The molecule has 3 heteroatoms. The van der Waals surface area contributed by atoms with Gasteiger partial charge in [-0.3, -0.25) is 4.79 Å². The molecule has 104 valence electrons. The predicted octanol–water partition coefficient (Wildman–Crippen LogP) is 2.74. The molecular formula is C16H24N2O. The van der Waals surface area contributed by atoms with Gasteiger partial charge >= 0.3 is 0 Å². The molecule has 0 aromatic heterocycles. The molecule has 1 aliphatic heterocycles. The summed E-state index contributed by atoms with van der Waals surface area (Å²) in [4.78, 5) is 14.5. The molecule has 1 amide bonds. The van der Waals surface area contributed by atoms with Crippen LogP contribution in [-0.2, 0) is 4.79 Å². The third-order valence-electron chi connectivity index (χ3n) is 3.91. The highest BCUT2D eigenvalue weighted by Gasteiger charge is 2.27. The Labute approximate surface area is 116 Å². The standard InChI is InChI=1S/C16H24N2O/c1-4-18(15-7-5-6-12(2)10-15)16(19)14-9-8-13(3)17-11-14/h5-7,10,13-14,17H,4,8-9,11H2,1-3H3. The quantitative estimate of drug-likeness (QED) is 0.906. The van der Waals surface area contributed by atoms with Gasteiger partial charge in [-0.2, -0.15) is 0 Å². The fraction of sp³-hybridized carbons (Fsp3) is 0.562. The second-order valence-electron chi connectivity index (χ2n) is 5.51. The Morgan fingerprint density at radius 1 is 1.42 bits per heavy atom. The summed E-state index contributed by atoms with van der Waals surface area (Å²) in [6, 6.07) is 8.72. The Kier molecular flexibility index (Phi) is 4.59. The molecule has 0 bridgehead atoms. The summed E-state index contributed by atoms with van der Waals surface area (Å²) < 4.78 is 0. The number of rotatable bonds is 3. The van der Waals surface area contributed by atoms with Crippen molar-refractivity contribution < 1.29 is 4.79 Å². The zero-order valence-electron chi connectivity index (χ0n) is 12.1. The topological polar surface area (TPSA) is 32.3 Å². The van der Waals surface area contributed by atoms with Crippen LogP contribution >= 0.6 is 0 Å². The first kappa shape index (κ1) is 14.1. The van der Waals surface area contributed by atoms with E-state index in [-0.39, 0.29) is 11.8 Å². The van der Waals surface area contributed by atoms with E-state index in [1.54, 1.807) is 0 Å². The van der Waals surface area contributed by atoms with Crippen molar-refractivity contribution in [1.29, 1.82) is 0 Å². The molecule has 1 N–H and O–H groups in total. The lowest BCUT2D eigenvalue weighted by Crippen LogP contribution is -2.45. The second kappa shape index (κ2) is 6.20. The maximum absolute atomic E-state index is 12.6. The highest BCUT2D eigenvalue weighted by atomic mass is 16.2. The SMILES string of the molecule is CCN(C(=O)C1CCC(C)NC1)c1cccc(C)c1. The number of benzene rings is 1. The van der Waals surface area contributed by atoms with E-state index < -0.39 is 0 Å². The minimum atomic E-state index is 0.122. The third-order valence-corrected chi connectivity index (χ3v) is 3.91. The van der Waals surface area contributed by atoms with Gasteiger partial charge in [0.2, 0.25) is 5.91 Å². The number of carbonyl (C=O) groups is 1. The average Bonchev–Trinajstić information content (AvgIpc) is 2.40. The number of nitrogens with one attached hydrogen (secondary N) is 1. The fourth-order valence-corrected chi connectivity index (χ4v) is 2.69. The molecule has 1 saturated heterocycles. The number of piperidine rings is 1. The van der Waals surface area contributed by atoms with E-state index in [0.717, 1.165) is 31.6 Å². The number of carbonyl (C=O) groups excluding carboxylic acids is 1. The smallest absolute Gasteiger partial charge is 0.231 e. The van der Waals surface area contributed by atoms with Gasteiger partial charge in [0.1, 0.15) is 0 Å². The van der Waals surface area contributed by atoms with Crippen molar-refractivity contribution in [2.45, 2.75) is 39.7 Å². The Balaban J connectivity index is 2.11. The summed E-state index contributed by atoms with van der Waals surface area (Å²) in [7, 11) is 0. The van der Waals surface area contributed by atoms with Gasteiger partial charge in [0.05, 0.1) is 5.92 Å². The first-order valence-electron chi connectivity index (χ1n) is 7.23. The number of hydrogen-bond donors (Lipinski definition) is 1. The van der Waals surface area contributed by atoms with Crippen LogP contribution < -0.4 is 10.2 Å². The number of anilines is 1. The highest BCUT2D eigenvalue weighted by molar-refractivity contribution is 5.95. The van der Waals surface area contributed by atoms with Crippen LogP contribution in [0.1, 0.15) is 32.3 Å². The summed E-state index contributed by atoms with van der Waals surface area (Å²) in [6.07, 6.45) is 2.08. The van der Waals surface area contributed by atoms with E-state index in [1.807, 2.05) is 24.0 Å². The Morgan fingerprint density at radius 2 is 2.21 bits per heavy atom. The van der Waals surface area contributed by atoms with Crippen molar-refractivity contribution in [2.75, 3.05) is 18.0 Å². The molecule has 2 atom stereocenters. The van der Waals surface area contributed by atoms with Crippen molar-refractivity contribution in [3.63, 3.8) is 0 Å². The minimum absolute atomic E-state index is 0.122. The van der Waals surface area contributed by atoms with Crippen LogP contribution in [0.4, 0.5) is 5.69 Å². The molecule has 19 heavy (non-hydrogen) atoms. The van der Waals surface area contributed by atoms with Crippen LogP contribution in [0.2, 0.25) is 0 Å². The Hall–Kier alpha value is -1.35. The van der Waals surface area contributed by atoms with E-state index in [1.165, 1.54) is 5.56 Å². The van der Waals surface area contributed by atoms with Crippen molar-refractivity contribution in [2.24, 2.45) is 5.92 Å². The largest absolute Gasteiger partial charge is 0.313 e. The van der Waals surface area contributed by atoms with Gasteiger partial charge in [-0.1, -0.05) is 12.1 Å². The minimum Gasteiger partial charge on any atom is -0.313 e. The molecule has 2 unspecified atom stereocenters. The van der Waals surface area contributed by atoms with Crippen molar-refractivity contribution in [3.05, 3.63) is 29.8 Å². The first-order chi connectivity index (χ1) is 9.11. The van der Waals surface area contributed by atoms with Crippen LogP contribution in [0.3, 0.4) is 0 Å². The van der Waals surface area contributed by atoms with E-state index >= 15 is 0 Å². The Bertz CT molecular complexity index is 436. The maximum Gasteiger partial charge on any atom is 0.231 e. The summed E-state index contributed by atoms with van der Waals surface area (Å²) >= 11 is 0. The predicted molar refractivity (Wildman–Crippen MR) is 79.4 cm³/mol. The monoisotopic (exact) mass is 260 g/mol. The number of aryl methyl sites for hydroxylation is 1. The van der Waals surface area contributed by atoms with Crippen molar-refractivity contribution in [1.82, 2.24) is 5.32 Å². The van der Waals surface area contributed by atoms with Crippen LogP contribution in [0.5, 0.6) is 0 Å². The van der Waals surface area contributed by atoms with Crippen molar-refractivity contribution >= 4 is 11.6 Å². The molecular weight excluding hydrogens is 236 g/mol. The lowest BCUT2D eigenvalue weighted by molar-refractivity contribution is -0.123. The molecule has 1 aromatic carbocycles. The molecule has 1 fully saturated rings. The van der Waals surface area contributed by atoms with Gasteiger partial charge in [-0.25, -0.2) is 0 Å². The molecule has 1 heterocycles. The summed E-state index contributed by atoms with van der Waals surface area (Å²) in [6.45, 7) is 7.82. The van der Waals surface area contributed by atoms with Crippen LogP contribution in [0.15, 0.2) is 24.3 Å². The normalized spacial score (nSPS) is 23.1. The summed E-state index contributed by atoms with van der Waals surface area (Å²) in [5.74, 6) is 0.379. The van der Waals surface area contributed by atoms with Crippen LogP contribution in [0.25, 0.3) is 0 Å². The van der Waals surface area contributed by atoms with Gasteiger partial charge in [0, 0.05) is 24.8 Å². The zero-order valence-corrected chi connectivity index (χ0v) is 12.1. The third kappa shape index (κ3) is 3.35. The average molecular weight is 260 g/mol. The summed E-state index contributed by atoms with van der Waals surface area (Å²) in [5, 5.41) is 3.41. The molecule has 0 radical (unpaired) electrons. The van der Waals surface area contributed by atoms with Crippen LogP contribution in [0, 0.1) is 12.8 Å². The van der Waals surface area contributed by atoms with E-state index in [2.05, 4.69) is 31.3 Å². The van der Waals surface area contributed by atoms with Gasteiger partial charge in [0.15, 0.2) is 0 Å². The molecule has 0 aliphatic carbocycles. The van der Waals surface area contributed by atoms with E-state index in [0.29, 0.717) is 6.04 Å². The van der Waals surface area contributed by atoms with E-state index in [4.69, 9.17) is 0 Å². The van der Waals surface area contributed by atoms with E-state index in [9.17, 15) is 4.79 Å². The molecule has 0 spiro atoms. The lowest BCUT2D eigenvalue weighted by Gasteiger charge is -2.31. The first-order valence-corrected chi connectivity index (χ1v) is 7.23. The maximum atomic E-state index is 12.6. The molecule has 1 aliphatic rings. The molecule has 2 rings (SSSR count). The highest BCUT2D eigenvalue weighted by Crippen LogP contribution is 2.22. The van der Waals surface area contributed by atoms with Crippen LogP contribution in [-0.4, -0.2) is 25.0 Å². The lowest BCUT2D eigenvalue weighted by atomic mass is 9.94. The summed E-state index contributed by atoms with van der Waals surface area (Å²) in [5.41, 5.74) is 2.21. The number of nitrogens with zero attached hydrogens (tertiary/aromatic N) is 1. The molecule has 1 aromatic rings. The second-order valence-corrected chi connectivity index (χ2v) is 5.51. The molecule has 0 saturated carbocycles. The van der Waals surface area contributed by atoms with Gasteiger partial charge in [0.25, 0.3) is 0 Å². The van der Waals surface area contributed by atoms with Gasteiger partial charge in [-0.05, 0) is 51.3 Å². The van der Waals surface area contributed by atoms with Crippen molar-refractivity contribution in [3.8, 4) is 0 Å². The zero-order chi connectivity index (χ0) is 13.8. The van der Waals surface area contributed by atoms with Gasteiger partial charge < -0.3 is 10.2 Å². The number of hydrogen-bond acceptors (Lipinski definition) is 2. The fourth-order valence-electron chi connectivity index (χ4n) is 2.69. The number of amides is 1.